The van der Waals surface area contributed by atoms with Gasteiger partial charge < -0.3 is 25.0 Å². The van der Waals surface area contributed by atoms with E-state index in [9.17, 15) is 9.59 Å². The largest absolute Gasteiger partial charge is 0.477 e. The van der Waals surface area contributed by atoms with Gasteiger partial charge in [0.05, 0.1) is 24.0 Å². The average Bonchev–Trinajstić information content (AvgIpc) is 3.29. The molecule has 0 unspecified atom stereocenters. The number of hydrogen-bond acceptors (Lipinski definition) is 7. The fraction of sp³-hybridized carbons (Fsp3) is 0.529. The predicted molar refractivity (Wildman–Crippen MR) is 101 cm³/mol. The Hall–Kier alpha value is -2.46. The number of nitrogens with one attached hydrogen (secondary N) is 2. The fourth-order valence-corrected chi connectivity index (χ4v) is 3.98. The number of imidazole rings is 1. The lowest BCUT2D eigenvalue weighted by atomic mass is 10.0. The summed E-state index contributed by atoms with van der Waals surface area (Å²) in [5.74, 6) is -0.919. The van der Waals surface area contributed by atoms with Gasteiger partial charge in [-0.2, -0.15) is 0 Å². The van der Waals surface area contributed by atoms with Crippen LogP contribution in [0.15, 0.2) is 6.20 Å². The number of amides is 1. The molecule has 1 fully saturated rings. The molecule has 1 aliphatic rings. The normalized spacial score (nSPS) is 19.9. The van der Waals surface area contributed by atoms with E-state index in [0.717, 1.165) is 29.1 Å². The van der Waals surface area contributed by atoms with E-state index >= 15 is 0 Å². The monoisotopic (exact) mass is 393 g/mol. The van der Waals surface area contributed by atoms with Crippen molar-refractivity contribution in [3.8, 4) is 0 Å². The third kappa shape index (κ3) is 4.11. The number of carbonyl (C=O) groups excluding carboxylic acids is 1. The van der Waals surface area contributed by atoms with Crippen molar-refractivity contribution in [3.05, 3.63) is 28.3 Å². The molecule has 9 nitrogen and oxygen atoms in total. The van der Waals surface area contributed by atoms with Crippen molar-refractivity contribution in [1.29, 1.82) is 0 Å². The van der Waals surface area contributed by atoms with E-state index in [1.807, 2.05) is 18.7 Å². The summed E-state index contributed by atoms with van der Waals surface area (Å²) in [5.41, 5.74) is 1.79. The van der Waals surface area contributed by atoms with Crippen LogP contribution in [0.1, 0.15) is 45.0 Å². The van der Waals surface area contributed by atoms with E-state index in [0.29, 0.717) is 30.5 Å². The lowest BCUT2D eigenvalue weighted by Crippen LogP contribution is -2.55. The molecule has 0 spiro atoms. The number of carboxylic acid groups (broad SMARTS) is 1. The van der Waals surface area contributed by atoms with Gasteiger partial charge in [0.25, 0.3) is 5.91 Å². The number of piperidine rings is 1. The zero-order valence-electron chi connectivity index (χ0n) is 15.5. The summed E-state index contributed by atoms with van der Waals surface area (Å²) in [4.78, 5) is 37.3. The molecule has 2 aromatic heterocycles. The number of ether oxygens (including phenoxy) is 1. The molecule has 0 radical (unpaired) electrons. The number of H-pyrrole nitrogens is 1. The number of rotatable bonds is 6. The van der Waals surface area contributed by atoms with Crippen LogP contribution in [-0.2, 0) is 11.2 Å². The Morgan fingerprint density at radius 2 is 2.30 bits per heavy atom. The van der Waals surface area contributed by atoms with Crippen LogP contribution in [0.25, 0.3) is 0 Å². The number of hydrogen-bond donors (Lipinski definition) is 3. The van der Waals surface area contributed by atoms with Crippen LogP contribution in [0, 0.1) is 6.92 Å². The Kier molecular flexibility index (Phi) is 5.76. The molecule has 3 rings (SSSR count). The molecule has 2 aromatic rings. The Bertz CT molecular complexity index is 833. The average molecular weight is 393 g/mol. The highest BCUT2D eigenvalue weighted by atomic mass is 32.1. The molecule has 1 aliphatic heterocycles. The first-order chi connectivity index (χ1) is 12.9. The quantitative estimate of drug-likeness (QED) is 0.679. The molecule has 27 heavy (non-hydrogen) atoms. The summed E-state index contributed by atoms with van der Waals surface area (Å²) in [6.45, 7) is 5.06. The summed E-state index contributed by atoms with van der Waals surface area (Å²) in [7, 11) is 1.60. The van der Waals surface area contributed by atoms with Gasteiger partial charge in [-0.25, -0.2) is 14.8 Å². The van der Waals surface area contributed by atoms with E-state index in [1.54, 1.807) is 7.11 Å². The maximum atomic E-state index is 12.5. The number of aromatic nitrogens is 3. The Balaban J connectivity index is 1.65. The summed E-state index contributed by atoms with van der Waals surface area (Å²) in [6, 6.07) is -0.159. The SMILES string of the molecule is CCc1nc(C(=O)N[C@H]2CCN(c3ncc(C(=O)O)s3)C[C@H]2OC)[nH]c1C. The van der Waals surface area contributed by atoms with Crippen LogP contribution in [0.3, 0.4) is 0 Å². The maximum absolute atomic E-state index is 12.5. The van der Waals surface area contributed by atoms with Crippen molar-refractivity contribution in [2.24, 2.45) is 0 Å². The first-order valence-corrected chi connectivity index (χ1v) is 9.57. The lowest BCUT2D eigenvalue weighted by Gasteiger charge is -2.37. The molecule has 2 atom stereocenters. The number of carboxylic acids is 1. The zero-order chi connectivity index (χ0) is 19.6. The van der Waals surface area contributed by atoms with Crippen molar-refractivity contribution in [1.82, 2.24) is 20.3 Å². The highest BCUT2D eigenvalue weighted by molar-refractivity contribution is 7.17. The Labute approximate surface area is 160 Å². The molecule has 0 bridgehead atoms. The van der Waals surface area contributed by atoms with Gasteiger partial charge >= 0.3 is 5.97 Å². The third-order valence-corrected chi connectivity index (χ3v) is 5.73. The molecule has 3 N–H and O–H groups in total. The number of aromatic amines is 1. The molecule has 1 saturated heterocycles. The van der Waals surface area contributed by atoms with Crippen LogP contribution < -0.4 is 10.2 Å². The number of carbonyl (C=O) groups is 2. The lowest BCUT2D eigenvalue weighted by molar-refractivity contribution is 0.0538. The van der Waals surface area contributed by atoms with Gasteiger partial charge in [0.1, 0.15) is 4.88 Å². The van der Waals surface area contributed by atoms with Gasteiger partial charge in [-0.3, -0.25) is 4.79 Å². The van der Waals surface area contributed by atoms with Crippen molar-refractivity contribution in [2.75, 3.05) is 25.1 Å². The number of methoxy groups -OCH3 is 1. The standard InChI is InChI=1S/C17H23N5O4S/c1-4-10-9(2)19-14(20-10)15(23)21-11-5-6-22(8-12(11)26-3)17-18-7-13(27-17)16(24)25/h7,11-12H,4-6,8H2,1-3H3,(H,19,20)(H,21,23)(H,24,25)/t11-,12+/m0/s1. The molecule has 1 amide bonds. The van der Waals surface area contributed by atoms with Crippen molar-refractivity contribution >= 4 is 28.3 Å². The molecule has 146 valence electrons. The Morgan fingerprint density at radius 3 is 2.89 bits per heavy atom. The molecular weight excluding hydrogens is 370 g/mol. The van der Waals surface area contributed by atoms with Crippen LogP contribution in [-0.4, -0.2) is 64.3 Å². The maximum Gasteiger partial charge on any atom is 0.347 e. The van der Waals surface area contributed by atoms with Crippen LogP contribution in [0.5, 0.6) is 0 Å². The molecule has 0 aliphatic carbocycles. The minimum absolute atomic E-state index is 0.159. The highest BCUT2D eigenvalue weighted by Crippen LogP contribution is 2.26. The van der Waals surface area contributed by atoms with E-state index in [1.165, 1.54) is 6.20 Å². The number of aryl methyl sites for hydroxylation is 2. The summed E-state index contributed by atoms with van der Waals surface area (Å²) in [6.07, 6.45) is 2.55. The van der Waals surface area contributed by atoms with E-state index in [4.69, 9.17) is 9.84 Å². The number of anilines is 1. The van der Waals surface area contributed by atoms with Gasteiger partial charge in [0.15, 0.2) is 11.0 Å². The van der Waals surface area contributed by atoms with Crippen LogP contribution in [0.4, 0.5) is 5.13 Å². The van der Waals surface area contributed by atoms with Crippen LogP contribution in [0.2, 0.25) is 0 Å². The number of thiazole rings is 1. The van der Waals surface area contributed by atoms with Crippen molar-refractivity contribution < 1.29 is 19.4 Å². The van der Waals surface area contributed by atoms with Gasteiger partial charge in [0, 0.05) is 25.9 Å². The van der Waals surface area contributed by atoms with Gasteiger partial charge in [-0.1, -0.05) is 18.3 Å². The second-order valence-electron chi connectivity index (χ2n) is 6.41. The molecule has 3 heterocycles. The Morgan fingerprint density at radius 1 is 1.52 bits per heavy atom. The summed E-state index contributed by atoms with van der Waals surface area (Å²) in [5, 5.41) is 12.7. The zero-order valence-corrected chi connectivity index (χ0v) is 16.3. The second kappa shape index (κ2) is 8.05. The highest BCUT2D eigenvalue weighted by Gasteiger charge is 2.32. The van der Waals surface area contributed by atoms with Gasteiger partial charge in [0.2, 0.25) is 0 Å². The van der Waals surface area contributed by atoms with Crippen molar-refractivity contribution in [3.63, 3.8) is 0 Å². The van der Waals surface area contributed by atoms with Crippen LogP contribution >= 0.6 is 11.3 Å². The summed E-state index contributed by atoms with van der Waals surface area (Å²) >= 11 is 1.14. The summed E-state index contributed by atoms with van der Waals surface area (Å²) < 4.78 is 5.57. The number of aromatic carboxylic acids is 1. The number of nitrogens with zero attached hydrogens (tertiary/aromatic N) is 3. The van der Waals surface area contributed by atoms with E-state index in [2.05, 4.69) is 20.3 Å². The van der Waals surface area contributed by atoms with E-state index in [-0.39, 0.29) is 22.9 Å². The fourth-order valence-electron chi connectivity index (χ4n) is 3.19. The first-order valence-electron chi connectivity index (χ1n) is 8.76. The van der Waals surface area contributed by atoms with Crippen molar-refractivity contribution in [2.45, 2.75) is 38.8 Å². The molecule has 0 saturated carbocycles. The predicted octanol–water partition coefficient (Wildman–Crippen LogP) is 1.46. The minimum Gasteiger partial charge on any atom is -0.477 e. The molecular formula is C17H23N5O4S. The van der Waals surface area contributed by atoms with E-state index < -0.39 is 5.97 Å². The van der Waals surface area contributed by atoms with Gasteiger partial charge in [-0.15, -0.1) is 0 Å². The smallest absolute Gasteiger partial charge is 0.347 e. The minimum atomic E-state index is -0.982. The third-order valence-electron chi connectivity index (χ3n) is 4.69. The second-order valence-corrected chi connectivity index (χ2v) is 7.42. The molecule has 10 heteroatoms. The topological polar surface area (TPSA) is 120 Å². The first kappa shape index (κ1) is 19.3. The van der Waals surface area contributed by atoms with Gasteiger partial charge in [-0.05, 0) is 19.8 Å². The molecule has 0 aromatic carbocycles.